The molecule has 2 heterocycles. The molecule has 1 aromatic heterocycles. The molecule has 0 radical (unpaired) electrons. The van der Waals surface area contributed by atoms with Crippen LogP contribution in [0.4, 0.5) is 28.0 Å². The van der Waals surface area contributed by atoms with Crippen molar-refractivity contribution in [3.63, 3.8) is 0 Å². The van der Waals surface area contributed by atoms with Gasteiger partial charge in [-0.3, -0.25) is 9.69 Å². The Balaban J connectivity index is 1.25. The summed E-state index contributed by atoms with van der Waals surface area (Å²) in [7, 11) is 0. The smallest absolute Gasteiger partial charge is 0.406 e. The highest BCUT2D eigenvalue weighted by molar-refractivity contribution is 8.15. The first-order valence-corrected chi connectivity index (χ1v) is 14.6. The number of aromatic nitrogens is 3. The van der Waals surface area contributed by atoms with Crippen molar-refractivity contribution in [2.75, 3.05) is 10.7 Å². The van der Waals surface area contributed by atoms with Gasteiger partial charge in [0.1, 0.15) is 17.9 Å². The topological polar surface area (TPSA) is 102 Å². The van der Waals surface area contributed by atoms with Crippen molar-refractivity contribution in [2.24, 2.45) is 4.99 Å². The van der Waals surface area contributed by atoms with E-state index >= 15 is 0 Å². The monoisotopic (exact) mass is 638 g/mol. The minimum atomic E-state index is -4.79. The number of hydrogen-bond acceptors (Lipinski definition) is 6. The van der Waals surface area contributed by atoms with Gasteiger partial charge in [-0.05, 0) is 54.3 Å². The molecule has 3 amide bonds. The molecule has 9 nitrogen and oxygen atoms in total. The predicted octanol–water partition coefficient (Wildman–Crippen LogP) is 7.38. The van der Waals surface area contributed by atoms with Gasteiger partial charge in [0, 0.05) is 17.3 Å². The van der Waals surface area contributed by atoms with E-state index in [0.717, 1.165) is 41.2 Å². The molecule has 0 aliphatic carbocycles. The molecule has 45 heavy (non-hydrogen) atoms. The molecule has 0 saturated carbocycles. The van der Waals surface area contributed by atoms with E-state index in [1.165, 1.54) is 40.2 Å². The number of alkyl halides is 3. The fraction of sp³-hybridized carbons (Fsp3) is 0.194. The van der Waals surface area contributed by atoms with E-state index in [4.69, 9.17) is 0 Å². The van der Waals surface area contributed by atoms with Crippen molar-refractivity contribution in [3.8, 4) is 22.8 Å². The van der Waals surface area contributed by atoms with Crippen LogP contribution >= 0.6 is 11.8 Å². The normalized spacial score (nSPS) is 14.8. The van der Waals surface area contributed by atoms with Crippen molar-refractivity contribution >= 4 is 40.4 Å². The molecule has 232 valence electrons. The summed E-state index contributed by atoms with van der Waals surface area (Å²) in [5.41, 5.74) is 3.84. The molecular weight excluding hydrogens is 612 g/mol. The largest absolute Gasteiger partial charge is 0.573 e. The second-order valence-electron chi connectivity index (χ2n) is 10.1. The van der Waals surface area contributed by atoms with Crippen LogP contribution in [0.25, 0.3) is 22.9 Å². The van der Waals surface area contributed by atoms with Gasteiger partial charge in [0.2, 0.25) is 5.91 Å². The first-order valence-electron chi connectivity index (χ1n) is 13.6. The Labute approximate surface area is 259 Å². The van der Waals surface area contributed by atoms with Crippen LogP contribution in [0.15, 0.2) is 84.2 Å². The Kier molecular flexibility index (Phi) is 9.04. The molecule has 1 saturated heterocycles. The number of halogens is 4. The van der Waals surface area contributed by atoms with Crippen molar-refractivity contribution in [2.45, 2.75) is 33.1 Å². The SMILES string of the molecule is Cc1cccc(N2C(=O)CS/C2=N\C(=O)N/C=C(\F)c2ccc(-c3ncn(-c4ccc(OC(F)(F)F)cc4)n3)cc2)c1C(C)C. The molecular formula is C31H26F4N6O3S. The minimum Gasteiger partial charge on any atom is -0.406 e. The number of urea groups is 1. The van der Waals surface area contributed by atoms with Gasteiger partial charge in [0.15, 0.2) is 11.0 Å². The summed E-state index contributed by atoms with van der Waals surface area (Å²) in [6.45, 7) is 6.01. The van der Waals surface area contributed by atoms with Gasteiger partial charge in [-0.2, -0.15) is 4.99 Å². The van der Waals surface area contributed by atoms with Crippen molar-refractivity contribution in [1.29, 1.82) is 0 Å². The third kappa shape index (κ3) is 7.40. The van der Waals surface area contributed by atoms with E-state index in [9.17, 15) is 27.2 Å². The lowest BCUT2D eigenvalue weighted by Gasteiger charge is -2.23. The Morgan fingerprint density at radius 3 is 2.47 bits per heavy atom. The Morgan fingerprint density at radius 2 is 1.80 bits per heavy atom. The molecule has 1 aliphatic rings. The maximum absolute atomic E-state index is 14.9. The molecule has 0 spiro atoms. The summed E-state index contributed by atoms with van der Waals surface area (Å²) >= 11 is 1.13. The number of carbonyl (C=O) groups is 2. The van der Waals surface area contributed by atoms with Crippen molar-refractivity contribution in [3.05, 3.63) is 95.9 Å². The number of anilines is 1. The lowest BCUT2D eigenvalue weighted by Crippen LogP contribution is -2.32. The number of aliphatic imine (C=N–C) groups is 1. The van der Waals surface area contributed by atoms with E-state index in [0.29, 0.717) is 22.8 Å². The van der Waals surface area contributed by atoms with Gasteiger partial charge in [-0.1, -0.05) is 62.0 Å². The van der Waals surface area contributed by atoms with E-state index in [2.05, 4.69) is 25.1 Å². The molecule has 1 fully saturated rings. The molecule has 4 aromatic rings. The first kappa shape index (κ1) is 31.4. The highest BCUT2D eigenvalue weighted by atomic mass is 32.2. The molecule has 1 N–H and O–H groups in total. The van der Waals surface area contributed by atoms with Crippen LogP contribution in [0, 0.1) is 6.92 Å². The zero-order chi connectivity index (χ0) is 32.3. The molecule has 0 unspecified atom stereocenters. The first-order chi connectivity index (χ1) is 21.4. The van der Waals surface area contributed by atoms with E-state index in [1.807, 2.05) is 39.0 Å². The van der Waals surface area contributed by atoms with Crippen LogP contribution in [-0.2, 0) is 4.79 Å². The number of rotatable bonds is 7. The maximum atomic E-state index is 14.9. The number of ether oxygens (including phenoxy) is 1. The maximum Gasteiger partial charge on any atom is 0.573 e. The van der Waals surface area contributed by atoms with Crippen LogP contribution in [0.2, 0.25) is 0 Å². The van der Waals surface area contributed by atoms with Gasteiger partial charge in [-0.25, -0.2) is 18.9 Å². The Bertz CT molecular complexity index is 1780. The van der Waals surface area contributed by atoms with E-state index < -0.39 is 18.2 Å². The van der Waals surface area contributed by atoms with Crippen molar-refractivity contribution < 1.29 is 31.9 Å². The van der Waals surface area contributed by atoms with Crippen LogP contribution < -0.4 is 15.0 Å². The highest BCUT2D eigenvalue weighted by Gasteiger charge is 2.33. The number of hydrogen-bond donors (Lipinski definition) is 1. The summed E-state index contributed by atoms with van der Waals surface area (Å²) < 4.78 is 57.3. The molecule has 5 rings (SSSR count). The van der Waals surface area contributed by atoms with Crippen LogP contribution in [-0.4, -0.2) is 44.0 Å². The molecule has 14 heteroatoms. The predicted molar refractivity (Wildman–Crippen MR) is 164 cm³/mol. The molecule has 0 bridgehead atoms. The Morgan fingerprint density at radius 1 is 1.09 bits per heavy atom. The number of amides is 3. The summed E-state index contributed by atoms with van der Waals surface area (Å²) in [6.07, 6.45) is -2.51. The number of carbonyl (C=O) groups excluding carboxylic acids is 2. The van der Waals surface area contributed by atoms with Gasteiger partial charge in [-0.15, -0.1) is 18.3 Å². The third-order valence-electron chi connectivity index (χ3n) is 6.65. The summed E-state index contributed by atoms with van der Waals surface area (Å²) in [5, 5.41) is 6.85. The number of nitrogens with one attached hydrogen (secondary N) is 1. The average Bonchev–Trinajstić information content (AvgIpc) is 3.62. The fourth-order valence-corrected chi connectivity index (χ4v) is 5.58. The minimum absolute atomic E-state index is 0.129. The second kappa shape index (κ2) is 12.9. The third-order valence-corrected chi connectivity index (χ3v) is 7.57. The number of aryl methyl sites for hydroxylation is 1. The van der Waals surface area contributed by atoms with Crippen LogP contribution in [0.1, 0.15) is 36.5 Å². The number of amidine groups is 1. The summed E-state index contributed by atoms with van der Waals surface area (Å²) in [6, 6.07) is 16.0. The molecule has 0 atom stereocenters. The standard InChI is InChI=1S/C31H26F4N6O3S/c1-18(2)27-19(3)5-4-6-25(27)41-26(42)16-45-30(41)38-29(43)36-15-24(32)20-7-9-21(10-8-20)28-37-17-40(39-28)22-11-13-23(14-12-22)44-31(33,34)35/h4-15,17-18H,16H2,1-3H3,(H,36,43)/b24-15-,38-30-. The lowest BCUT2D eigenvalue weighted by molar-refractivity contribution is -0.274. The summed E-state index contributed by atoms with van der Waals surface area (Å²) in [4.78, 5) is 35.0. The number of nitrogens with zero attached hydrogens (tertiary/aromatic N) is 5. The van der Waals surface area contributed by atoms with Crippen LogP contribution in [0.5, 0.6) is 5.75 Å². The van der Waals surface area contributed by atoms with E-state index in [-0.39, 0.29) is 34.1 Å². The van der Waals surface area contributed by atoms with Crippen LogP contribution in [0.3, 0.4) is 0 Å². The zero-order valence-corrected chi connectivity index (χ0v) is 25.0. The van der Waals surface area contributed by atoms with Crippen molar-refractivity contribution in [1.82, 2.24) is 20.1 Å². The highest BCUT2D eigenvalue weighted by Crippen LogP contribution is 2.35. The Hall–Kier alpha value is -4.98. The molecule has 1 aliphatic heterocycles. The summed E-state index contributed by atoms with van der Waals surface area (Å²) in [5.74, 6) is -0.737. The number of thioether (sulfide) groups is 1. The number of benzene rings is 3. The molecule has 3 aromatic carbocycles. The lowest BCUT2D eigenvalue weighted by atomic mass is 9.95. The fourth-order valence-electron chi connectivity index (χ4n) is 4.72. The van der Waals surface area contributed by atoms with Gasteiger partial charge in [0.05, 0.1) is 17.1 Å². The zero-order valence-electron chi connectivity index (χ0n) is 24.2. The van der Waals surface area contributed by atoms with Gasteiger partial charge >= 0.3 is 12.4 Å². The second-order valence-corrected chi connectivity index (χ2v) is 11.1. The van der Waals surface area contributed by atoms with Gasteiger partial charge in [0.25, 0.3) is 0 Å². The quantitative estimate of drug-likeness (QED) is 0.212. The average molecular weight is 639 g/mol. The van der Waals surface area contributed by atoms with E-state index in [1.54, 1.807) is 12.1 Å². The van der Waals surface area contributed by atoms with Gasteiger partial charge < -0.3 is 10.1 Å².